The molecular formula is C15H12O4. The molecule has 0 fully saturated rings. The summed E-state index contributed by atoms with van der Waals surface area (Å²) in [6.07, 6.45) is 3.13. The van der Waals surface area contributed by atoms with Gasteiger partial charge in [0.1, 0.15) is 17.3 Å². The standard InChI is InChI=1S/C15H12O4/c1-2-17-11-5-6-12-13(8-11)19-14(15(12)16)9-10-4-3-7-18-10/h3-9H,2H2,1H3/b14-9-. The third-order valence-electron chi connectivity index (χ3n) is 2.77. The van der Waals surface area contributed by atoms with Crippen molar-refractivity contribution >= 4 is 11.9 Å². The van der Waals surface area contributed by atoms with Gasteiger partial charge in [0.25, 0.3) is 0 Å². The number of hydrogen-bond acceptors (Lipinski definition) is 4. The Morgan fingerprint density at radius 1 is 1.32 bits per heavy atom. The third-order valence-corrected chi connectivity index (χ3v) is 2.77. The summed E-state index contributed by atoms with van der Waals surface area (Å²) in [4.78, 5) is 12.1. The van der Waals surface area contributed by atoms with Crippen LogP contribution in [-0.2, 0) is 0 Å². The molecule has 1 aromatic heterocycles. The van der Waals surface area contributed by atoms with Crippen LogP contribution in [0.1, 0.15) is 23.0 Å². The Balaban J connectivity index is 1.93. The van der Waals surface area contributed by atoms with E-state index in [-0.39, 0.29) is 11.5 Å². The fraction of sp³-hybridized carbons (Fsp3) is 0.133. The summed E-state index contributed by atoms with van der Waals surface area (Å²) in [5.74, 6) is 1.91. The Hall–Kier alpha value is -2.49. The van der Waals surface area contributed by atoms with Gasteiger partial charge in [-0.15, -0.1) is 0 Å². The highest BCUT2D eigenvalue weighted by molar-refractivity contribution is 6.14. The van der Waals surface area contributed by atoms with Crippen molar-refractivity contribution in [3.63, 3.8) is 0 Å². The molecular weight excluding hydrogens is 244 g/mol. The summed E-state index contributed by atoms with van der Waals surface area (Å²) >= 11 is 0. The number of allylic oxidation sites excluding steroid dienone is 1. The number of fused-ring (bicyclic) bond motifs is 1. The van der Waals surface area contributed by atoms with Crippen molar-refractivity contribution in [1.82, 2.24) is 0 Å². The maximum atomic E-state index is 12.1. The van der Waals surface area contributed by atoms with Crippen molar-refractivity contribution < 1.29 is 18.7 Å². The molecule has 2 heterocycles. The topological polar surface area (TPSA) is 48.7 Å². The minimum Gasteiger partial charge on any atom is -0.494 e. The third kappa shape index (κ3) is 2.12. The van der Waals surface area contributed by atoms with Crippen LogP contribution in [0.3, 0.4) is 0 Å². The number of carbonyl (C=O) groups excluding carboxylic acids is 1. The zero-order valence-electron chi connectivity index (χ0n) is 10.4. The maximum Gasteiger partial charge on any atom is 0.232 e. The van der Waals surface area contributed by atoms with Crippen LogP contribution in [0.15, 0.2) is 46.8 Å². The minimum absolute atomic E-state index is 0.144. The van der Waals surface area contributed by atoms with Gasteiger partial charge < -0.3 is 13.9 Å². The monoisotopic (exact) mass is 256 g/mol. The van der Waals surface area contributed by atoms with Crippen LogP contribution < -0.4 is 9.47 Å². The highest BCUT2D eigenvalue weighted by Gasteiger charge is 2.27. The molecule has 0 amide bonds. The van der Waals surface area contributed by atoms with Crippen molar-refractivity contribution in [3.05, 3.63) is 53.7 Å². The van der Waals surface area contributed by atoms with E-state index in [1.54, 1.807) is 42.7 Å². The van der Waals surface area contributed by atoms with Gasteiger partial charge >= 0.3 is 0 Å². The fourth-order valence-corrected chi connectivity index (χ4v) is 1.93. The molecule has 0 bridgehead atoms. The number of furan rings is 1. The molecule has 0 saturated carbocycles. The van der Waals surface area contributed by atoms with E-state index < -0.39 is 0 Å². The molecule has 19 heavy (non-hydrogen) atoms. The Labute approximate surface area is 110 Å². The zero-order valence-corrected chi connectivity index (χ0v) is 10.4. The van der Waals surface area contributed by atoms with E-state index >= 15 is 0 Å². The average Bonchev–Trinajstić information content (AvgIpc) is 3.00. The molecule has 0 radical (unpaired) electrons. The van der Waals surface area contributed by atoms with Gasteiger partial charge in [-0.25, -0.2) is 0 Å². The number of benzene rings is 1. The predicted molar refractivity (Wildman–Crippen MR) is 69.3 cm³/mol. The number of ether oxygens (including phenoxy) is 2. The van der Waals surface area contributed by atoms with Crippen LogP contribution in [0.5, 0.6) is 11.5 Å². The first-order valence-corrected chi connectivity index (χ1v) is 6.02. The first-order valence-electron chi connectivity index (χ1n) is 6.02. The molecule has 0 saturated heterocycles. The maximum absolute atomic E-state index is 12.1. The van der Waals surface area contributed by atoms with Crippen molar-refractivity contribution in [2.45, 2.75) is 6.92 Å². The summed E-state index contributed by atoms with van der Waals surface area (Å²) in [7, 11) is 0. The molecule has 96 valence electrons. The molecule has 1 aliphatic rings. The van der Waals surface area contributed by atoms with Gasteiger partial charge in [0.15, 0.2) is 5.76 Å². The van der Waals surface area contributed by atoms with E-state index in [9.17, 15) is 4.79 Å². The van der Waals surface area contributed by atoms with E-state index in [4.69, 9.17) is 13.9 Å². The lowest BCUT2D eigenvalue weighted by Crippen LogP contribution is -1.97. The van der Waals surface area contributed by atoms with Gasteiger partial charge in [-0.2, -0.15) is 0 Å². The largest absolute Gasteiger partial charge is 0.494 e. The number of carbonyl (C=O) groups is 1. The van der Waals surface area contributed by atoms with E-state index in [1.165, 1.54) is 0 Å². The van der Waals surface area contributed by atoms with E-state index in [1.807, 2.05) is 6.92 Å². The molecule has 3 rings (SSSR count). The molecule has 4 nitrogen and oxygen atoms in total. The summed E-state index contributed by atoms with van der Waals surface area (Å²) < 4.78 is 16.1. The highest BCUT2D eigenvalue weighted by atomic mass is 16.5. The Morgan fingerprint density at radius 2 is 2.21 bits per heavy atom. The molecule has 2 aromatic rings. The summed E-state index contributed by atoms with van der Waals surface area (Å²) in [5, 5.41) is 0. The van der Waals surface area contributed by atoms with Gasteiger partial charge in [-0.3, -0.25) is 4.79 Å². The van der Waals surface area contributed by atoms with Gasteiger partial charge in [0.2, 0.25) is 5.78 Å². The highest BCUT2D eigenvalue weighted by Crippen LogP contribution is 2.34. The van der Waals surface area contributed by atoms with Crippen LogP contribution in [0.4, 0.5) is 0 Å². The summed E-state index contributed by atoms with van der Waals surface area (Å²) in [6.45, 7) is 2.48. The molecule has 0 spiro atoms. The number of hydrogen-bond donors (Lipinski definition) is 0. The SMILES string of the molecule is CCOc1ccc2c(c1)O/C(=C\c1ccco1)C2=O. The zero-order chi connectivity index (χ0) is 13.2. The van der Waals surface area contributed by atoms with Crippen LogP contribution >= 0.6 is 0 Å². The van der Waals surface area contributed by atoms with Crippen LogP contribution in [0.2, 0.25) is 0 Å². The molecule has 0 unspecified atom stereocenters. The Bertz CT molecular complexity index is 638. The predicted octanol–water partition coefficient (Wildman–Crippen LogP) is 3.29. The minimum atomic E-state index is -0.144. The lowest BCUT2D eigenvalue weighted by Gasteiger charge is -2.03. The van der Waals surface area contributed by atoms with Gasteiger partial charge in [-0.05, 0) is 31.2 Å². The second-order valence-corrected chi connectivity index (χ2v) is 4.05. The van der Waals surface area contributed by atoms with E-state index in [0.29, 0.717) is 29.4 Å². The molecule has 0 N–H and O–H groups in total. The van der Waals surface area contributed by atoms with Crippen LogP contribution in [0, 0.1) is 0 Å². The average molecular weight is 256 g/mol. The van der Waals surface area contributed by atoms with Crippen LogP contribution in [0.25, 0.3) is 6.08 Å². The summed E-state index contributed by atoms with van der Waals surface area (Å²) in [6, 6.07) is 8.72. The number of ketones is 1. The summed E-state index contributed by atoms with van der Waals surface area (Å²) in [5.41, 5.74) is 0.543. The first-order chi connectivity index (χ1) is 9.28. The second-order valence-electron chi connectivity index (χ2n) is 4.05. The molecule has 1 aliphatic heterocycles. The van der Waals surface area contributed by atoms with Gasteiger partial charge in [-0.1, -0.05) is 0 Å². The lowest BCUT2D eigenvalue weighted by molar-refractivity contribution is 0.101. The lowest BCUT2D eigenvalue weighted by atomic mass is 10.1. The normalized spacial score (nSPS) is 15.4. The van der Waals surface area contributed by atoms with Crippen LogP contribution in [-0.4, -0.2) is 12.4 Å². The fourth-order valence-electron chi connectivity index (χ4n) is 1.93. The Kier molecular flexibility index (Phi) is 2.83. The van der Waals surface area contributed by atoms with Crippen molar-refractivity contribution in [3.8, 4) is 11.5 Å². The second kappa shape index (κ2) is 4.65. The van der Waals surface area contributed by atoms with Gasteiger partial charge in [0, 0.05) is 12.1 Å². The van der Waals surface area contributed by atoms with E-state index in [2.05, 4.69) is 0 Å². The molecule has 1 aromatic carbocycles. The molecule has 0 aliphatic carbocycles. The number of Topliss-reactive ketones (excluding diaryl/α,β-unsaturated/α-hetero) is 1. The van der Waals surface area contributed by atoms with Crippen molar-refractivity contribution in [1.29, 1.82) is 0 Å². The smallest absolute Gasteiger partial charge is 0.232 e. The molecule has 0 atom stereocenters. The molecule has 4 heteroatoms. The van der Waals surface area contributed by atoms with Gasteiger partial charge in [0.05, 0.1) is 18.4 Å². The first kappa shape index (κ1) is 11.6. The quantitative estimate of drug-likeness (QED) is 0.790. The number of rotatable bonds is 3. The van der Waals surface area contributed by atoms with Crippen molar-refractivity contribution in [2.24, 2.45) is 0 Å². The van der Waals surface area contributed by atoms with E-state index in [0.717, 1.165) is 0 Å². The van der Waals surface area contributed by atoms with Crippen molar-refractivity contribution in [2.75, 3.05) is 6.61 Å². The Morgan fingerprint density at radius 3 is 2.95 bits per heavy atom.